The van der Waals surface area contributed by atoms with Gasteiger partial charge >= 0.3 is 0 Å². The number of benzene rings is 1. The smallest absolute Gasteiger partial charge is 0.191 e. The molecule has 2 rings (SSSR count). The lowest BCUT2D eigenvalue weighted by Crippen LogP contribution is -2.45. The predicted octanol–water partition coefficient (Wildman–Crippen LogP) is 2.62. The van der Waals surface area contributed by atoms with Crippen molar-refractivity contribution in [2.45, 2.75) is 64.7 Å². The van der Waals surface area contributed by atoms with Crippen molar-refractivity contribution in [3.8, 4) is 5.75 Å². The van der Waals surface area contributed by atoms with Gasteiger partial charge in [-0.25, -0.2) is 4.99 Å². The Hall–Kier alpha value is -1.75. The third-order valence-electron chi connectivity index (χ3n) is 4.25. The molecule has 0 bridgehead atoms. The van der Waals surface area contributed by atoms with Gasteiger partial charge in [0, 0.05) is 12.6 Å². The van der Waals surface area contributed by atoms with Crippen molar-refractivity contribution in [3.05, 3.63) is 29.8 Å². The van der Waals surface area contributed by atoms with Crippen molar-refractivity contribution in [1.29, 1.82) is 0 Å². The van der Waals surface area contributed by atoms with Gasteiger partial charge in [0.25, 0.3) is 0 Å². The maximum Gasteiger partial charge on any atom is 0.191 e. The van der Waals surface area contributed by atoms with E-state index in [9.17, 15) is 5.11 Å². The van der Waals surface area contributed by atoms with E-state index in [1.165, 1.54) is 5.56 Å². The van der Waals surface area contributed by atoms with E-state index in [1.807, 2.05) is 19.1 Å². The van der Waals surface area contributed by atoms with Crippen molar-refractivity contribution in [1.82, 2.24) is 10.6 Å². The van der Waals surface area contributed by atoms with E-state index in [0.717, 1.165) is 43.9 Å². The second-order valence-corrected chi connectivity index (χ2v) is 6.61. The van der Waals surface area contributed by atoms with Crippen LogP contribution >= 0.6 is 0 Å². The zero-order valence-corrected chi connectivity index (χ0v) is 15.1. The van der Waals surface area contributed by atoms with Gasteiger partial charge in [-0.2, -0.15) is 0 Å². The molecule has 0 aliphatic heterocycles. The van der Waals surface area contributed by atoms with Crippen molar-refractivity contribution in [2.24, 2.45) is 4.99 Å². The van der Waals surface area contributed by atoms with Crippen LogP contribution in [0.25, 0.3) is 0 Å². The second-order valence-electron chi connectivity index (χ2n) is 6.61. The van der Waals surface area contributed by atoms with Crippen LogP contribution in [-0.2, 0) is 0 Å². The van der Waals surface area contributed by atoms with Crippen molar-refractivity contribution in [3.63, 3.8) is 0 Å². The van der Waals surface area contributed by atoms with Gasteiger partial charge in [-0.3, -0.25) is 0 Å². The average Bonchev–Trinajstić information content (AvgIpc) is 2.57. The largest absolute Gasteiger partial charge is 0.489 e. The Morgan fingerprint density at radius 3 is 2.54 bits per heavy atom. The Morgan fingerprint density at radius 2 is 1.92 bits per heavy atom. The summed E-state index contributed by atoms with van der Waals surface area (Å²) in [7, 11) is 0. The summed E-state index contributed by atoms with van der Waals surface area (Å²) < 4.78 is 5.91. The zero-order valence-electron chi connectivity index (χ0n) is 15.1. The lowest BCUT2D eigenvalue weighted by Gasteiger charge is -2.27. The molecule has 3 N–H and O–H groups in total. The minimum Gasteiger partial charge on any atom is -0.489 e. The van der Waals surface area contributed by atoms with Crippen LogP contribution in [0, 0.1) is 6.92 Å². The Kier molecular flexibility index (Phi) is 7.37. The predicted molar refractivity (Wildman–Crippen MR) is 98.6 cm³/mol. The minimum absolute atomic E-state index is 0.0105. The fraction of sp³-hybridized carbons (Fsp3) is 0.632. The normalized spacial score (nSPS) is 22.8. The highest BCUT2D eigenvalue weighted by Gasteiger charge is 2.20. The van der Waals surface area contributed by atoms with Crippen LogP contribution in [0.5, 0.6) is 5.75 Å². The summed E-state index contributed by atoms with van der Waals surface area (Å²) in [6.07, 6.45) is 3.58. The Morgan fingerprint density at radius 1 is 1.25 bits per heavy atom. The Labute approximate surface area is 145 Å². The third kappa shape index (κ3) is 6.40. The molecule has 1 fully saturated rings. The van der Waals surface area contributed by atoms with Gasteiger partial charge in [-0.05, 0) is 58.6 Å². The molecular formula is C19H31N3O2. The summed E-state index contributed by atoms with van der Waals surface area (Å²) in [4.78, 5) is 4.65. The van der Waals surface area contributed by atoms with Crippen LogP contribution in [0.1, 0.15) is 45.1 Å². The number of aliphatic imine (C=N–C) groups is 1. The van der Waals surface area contributed by atoms with E-state index in [-0.39, 0.29) is 12.2 Å². The van der Waals surface area contributed by atoms with Gasteiger partial charge in [0.05, 0.1) is 12.6 Å². The number of aryl methyl sites for hydroxylation is 1. The van der Waals surface area contributed by atoms with Crippen LogP contribution < -0.4 is 15.4 Å². The molecule has 1 aliphatic carbocycles. The van der Waals surface area contributed by atoms with E-state index in [1.54, 1.807) is 0 Å². The first-order chi connectivity index (χ1) is 11.6. The van der Waals surface area contributed by atoms with Gasteiger partial charge in [0.2, 0.25) is 0 Å². The molecule has 0 spiro atoms. The summed E-state index contributed by atoms with van der Waals surface area (Å²) in [5.74, 6) is 1.71. The fourth-order valence-electron chi connectivity index (χ4n) is 2.84. The highest BCUT2D eigenvalue weighted by atomic mass is 16.5. The first kappa shape index (κ1) is 18.6. The molecule has 0 aromatic heterocycles. The van der Waals surface area contributed by atoms with Gasteiger partial charge in [0.15, 0.2) is 5.96 Å². The lowest BCUT2D eigenvalue weighted by molar-refractivity contribution is 0.120. The number of rotatable bonds is 6. The number of hydrogen-bond donors (Lipinski definition) is 3. The molecule has 5 heteroatoms. The molecule has 24 heavy (non-hydrogen) atoms. The van der Waals surface area contributed by atoms with Gasteiger partial charge in [-0.15, -0.1) is 0 Å². The molecule has 0 saturated heterocycles. The minimum atomic E-state index is -0.134. The molecule has 0 amide bonds. The maximum atomic E-state index is 9.61. The molecule has 1 unspecified atom stereocenters. The van der Waals surface area contributed by atoms with Crippen LogP contribution in [0.15, 0.2) is 29.3 Å². The summed E-state index contributed by atoms with van der Waals surface area (Å²) in [6, 6.07) is 8.47. The van der Waals surface area contributed by atoms with E-state index in [4.69, 9.17) is 4.74 Å². The summed E-state index contributed by atoms with van der Waals surface area (Å²) >= 11 is 0. The number of aliphatic hydroxyl groups is 1. The molecule has 0 radical (unpaired) electrons. The van der Waals surface area contributed by atoms with Gasteiger partial charge in [0.1, 0.15) is 11.9 Å². The van der Waals surface area contributed by atoms with E-state index >= 15 is 0 Å². The number of ether oxygens (including phenoxy) is 1. The first-order valence-electron chi connectivity index (χ1n) is 9.03. The van der Waals surface area contributed by atoms with E-state index in [2.05, 4.69) is 41.6 Å². The van der Waals surface area contributed by atoms with Crippen molar-refractivity contribution in [2.75, 3.05) is 13.1 Å². The fourth-order valence-corrected chi connectivity index (χ4v) is 2.84. The molecule has 1 aromatic carbocycles. The molecule has 1 aromatic rings. The molecule has 0 heterocycles. The molecule has 1 atom stereocenters. The van der Waals surface area contributed by atoms with Crippen LogP contribution in [0.2, 0.25) is 0 Å². The molecule has 134 valence electrons. The first-order valence-corrected chi connectivity index (χ1v) is 9.03. The number of nitrogens with zero attached hydrogens (tertiary/aromatic N) is 1. The topological polar surface area (TPSA) is 65.9 Å². The number of nitrogens with one attached hydrogen (secondary N) is 2. The molecule has 1 saturated carbocycles. The Balaban J connectivity index is 1.83. The number of aliphatic hydroxyl groups excluding tert-OH is 1. The quantitative estimate of drug-likeness (QED) is 0.553. The third-order valence-corrected chi connectivity index (χ3v) is 4.25. The van der Waals surface area contributed by atoms with E-state index in [0.29, 0.717) is 12.6 Å². The van der Waals surface area contributed by atoms with Crippen LogP contribution in [0.4, 0.5) is 0 Å². The average molecular weight is 333 g/mol. The van der Waals surface area contributed by atoms with Crippen LogP contribution in [-0.4, -0.2) is 42.4 Å². The highest BCUT2D eigenvalue weighted by Crippen LogP contribution is 2.18. The zero-order chi connectivity index (χ0) is 17.4. The van der Waals surface area contributed by atoms with E-state index < -0.39 is 0 Å². The van der Waals surface area contributed by atoms with Gasteiger partial charge < -0.3 is 20.5 Å². The standard InChI is InChI=1S/C19H31N3O2/c1-4-20-19(22-16-7-9-17(23)10-8-16)21-13-15(3)24-18-11-5-14(2)6-12-18/h5-6,11-12,15-17,23H,4,7-10,13H2,1-3H3,(H2,20,21,22). The highest BCUT2D eigenvalue weighted by molar-refractivity contribution is 5.80. The SMILES string of the molecule is CCNC(=NCC(C)Oc1ccc(C)cc1)NC1CCC(O)CC1. The second kappa shape index (κ2) is 9.52. The van der Waals surface area contributed by atoms with Crippen molar-refractivity contribution < 1.29 is 9.84 Å². The van der Waals surface area contributed by atoms with Crippen LogP contribution in [0.3, 0.4) is 0 Å². The maximum absolute atomic E-state index is 9.61. The van der Waals surface area contributed by atoms with Gasteiger partial charge in [-0.1, -0.05) is 17.7 Å². The summed E-state index contributed by atoms with van der Waals surface area (Å²) in [6.45, 7) is 7.58. The summed E-state index contributed by atoms with van der Waals surface area (Å²) in [5.41, 5.74) is 1.23. The number of hydrogen-bond acceptors (Lipinski definition) is 3. The molecular weight excluding hydrogens is 302 g/mol. The summed E-state index contributed by atoms with van der Waals surface area (Å²) in [5, 5.41) is 16.4. The monoisotopic (exact) mass is 333 g/mol. The molecule has 1 aliphatic rings. The Bertz CT molecular complexity index is 508. The molecule has 5 nitrogen and oxygen atoms in total. The number of guanidine groups is 1. The van der Waals surface area contributed by atoms with Crippen molar-refractivity contribution >= 4 is 5.96 Å². The lowest BCUT2D eigenvalue weighted by atomic mass is 9.93.